The fourth-order valence-corrected chi connectivity index (χ4v) is 3.20. The van der Waals surface area contributed by atoms with E-state index in [1.165, 1.54) is 51.5 Å². The number of nitrogens with one attached hydrogen (secondary N) is 1. The lowest BCUT2D eigenvalue weighted by molar-refractivity contribution is -0.0249. The number of hydrogen-bond acceptors (Lipinski definition) is 2. The molecule has 0 spiro atoms. The minimum absolute atomic E-state index is 0.479. The largest absolute Gasteiger partial charge is 0.378 e. The summed E-state index contributed by atoms with van der Waals surface area (Å²) in [6, 6.07) is 0.707. The summed E-state index contributed by atoms with van der Waals surface area (Å²) in [4.78, 5) is 0. The molecule has 2 rings (SSSR count). The van der Waals surface area contributed by atoms with Crippen molar-refractivity contribution in [3.63, 3.8) is 0 Å². The van der Waals surface area contributed by atoms with Gasteiger partial charge in [0.15, 0.2) is 0 Å². The SMILES string of the molecule is CC(C)C1CC(NCC2CCCCC2)CCO1. The highest BCUT2D eigenvalue weighted by molar-refractivity contribution is 4.80. The molecule has 0 aromatic rings. The van der Waals surface area contributed by atoms with Crippen molar-refractivity contribution in [2.45, 2.75) is 70.9 Å². The highest BCUT2D eigenvalue weighted by Crippen LogP contribution is 2.24. The van der Waals surface area contributed by atoms with Gasteiger partial charge in [-0.3, -0.25) is 0 Å². The van der Waals surface area contributed by atoms with Crippen LogP contribution in [0.1, 0.15) is 58.8 Å². The van der Waals surface area contributed by atoms with Gasteiger partial charge in [0.05, 0.1) is 6.10 Å². The average molecular weight is 239 g/mol. The van der Waals surface area contributed by atoms with Crippen molar-refractivity contribution in [1.29, 1.82) is 0 Å². The van der Waals surface area contributed by atoms with Gasteiger partial charge in [0, 0.05) is 12.6 Å². The lowest BCUT2D eigenvalue weighted by Gasteiger charge is -2.33. The molecule has 0 radical (unpaired) electrons. The molecule has 2 atom stereocenters. The normalized spacial score (nSPS) is 31.9. The lowest BCUT2D eigenvalue weighted by Crippen LogP contribution is -2.42. The number of hydrogen-bond donors (Lipinski definition) is 1. The lowest BCUT2D eigenvalue weighted by atomic mass is 9.88. The van der Waals surface area contributed by atoms with Gasteiger partial charge in [-0.05, 0) is 44.1 Å². The van der Waals surface area contributed by atoms with Gasteiger partial charge in [0.2, 0.25) is 0 Å². The molecule has 17 heavy (non-hydrogen) atoms. The van der Waals surface area contributed by atoms with Gasteiger partial charge in [0.1, 0.15) is 0 Å². The third-order valence-corrected chi connectivity index (χ3v) is 4.48. The molecular weight excluding hydrogens is 210 g/mol. The van der Waals surface area contributed by atoms with Crippen LogP contribution < -0.4 is 5.32 Å². The molecule has 100 valence electrons. The van der Waals surface area contributed by atoms with E-state index in [-0.39, 0.29) is 0 Å². The maximum atomic E-state index is 5.82. The van der Waals surface area contributed by atoms with Crippen LogP contribution in [0.25, 0.3) is 0 Å². The summed E-state index contributed by atoms with van der Waals surface area (Å²) >= 11 is 0. The van der Waals surface area contributed by atoms with Gasteiger partial charge in [-0.25, -0.2) is 0 Å². The predicted octanol–water partition coefficient (Wildman–Crippen LogP) is 3.36. The van der Waals surface area contributed by atoms with E-state index < -0.39 is 0 Å². The zero-order valence-corrected chi connectivity index (χ0v) is 11.6. The Morgan fingerprint density at radius 3 is 2.59 bits per heavy atom. The van der Waals surface area contributed by atoms with E-state index in [0.717, 1.165) is 12.5 Å². The first-order valence-electron chi connectivity index (χ1n) is 7.60. The maximum Gasteiger partial charge on any atom is 0.0612 e. The highest BCUT2D eigenvalue weighted by atomic mass is 16.5. The van der Waals surface area contributed by atoms with E-state index in [9.17, 15) is 0 Å². The third kappa shape index (κ3) is 4.26. The van der Waals surface area contributed by atoms with Crippen LogP contribution >= 0.6 is 0 Å². The fourth-order valence-electron chi connectivity index (χ4n) is 3.20. The smallest absolute Gasteiger partial charge is 0.0612 e. The quantitative estimate of drug-likeness (QED) is 0.812. The minimum Gasteiger partial charge on any atom is -0.378 e. The molecule has 2 aliphatic rings. The van der Waals surface area contributed by atoms with E-state index in [4.69, 9.17) is 4.74 Å². The molecule has 2 nitrogen and oxygen atoms in total. The van der Waals surface area contributed by atoms with Gasteiger partial charge in [-0.15, -0.1) is 0 Å². The second-order valence-corrected chi connectivity index (χ2v) is 6.29. The topological polar surface area (TPSA) is 21.3 Å². The molecule has 1 N–H and O–H groups in total. The van der Waals surface area contributed by atoms with Crippen molar-refractivity contribution < 1.29 is 4.74 Å². The van der Waals surface area contributed by atoms with Crippen LogP contribution in [0.4, 0.5) is 0 Å². The van der Waals surface area contributed by atoms with Crippen molar-refractivity contribution in [3.05, 3.63) is 0 Å². The third-order valence-electron chi connectivity index (χ3n) is 4.48. The first kappa shape index (κ1) is 13.4. The van der Waals surface area contributed by atoms with Crippen LogP contribution in [-0.2, 0) is 4.74 Å². The molecule has 0 amide bonds. The summed E-state index contributed by atoms with van der Waals surface area (Å²) in [5.74, 6) is 1.61. The Balaban J connectivity index is 1.67. The molecule has 1 aliphatic carbocycles. The van der Waals surface area contributed by atoms with Crippen molar-refractivity contribution in [3.8, 4) is 0 Å². The molecule has 2 unspecified atom stereocenters. The molecule has 1 saturated heterocycles. The Morgan fingerprint density at radius 2 is 1.88 bits per heavy atom. The van der Waals surface area contributed by atoms with Crippen molar-refractivity contribution in [1.82, 2.24) is 5.32 Å². The van der Waals surface area contributed by atoms with E-state index >= 15 is 0 Å². The van der Waals surface area contributed by atoms with E-state index in [2.05, 4.69) is 19.2 Å². The summed E-state index contributed by atoms with van der Waals surface area (Å²) < 4.78 is 5.82. The van der Waals surface area contributed by atoms with Crippen LogP contribution in [0, 0.1) is 11.8 Å². The number of ether oxygens (including phenoxy) is 1. The number of rotatable bonds is 4. The summed E-state index contributed by atoms with van der Waals surface area (Å²) in [7, 11) is 0. The molecule has 0 aromatic carbocycles. The Kier molecular flexibility index (Phi) is 5.30. The van der Waals surface area contributed by atoms with Gasteiger partial charge in [0.25, 0.3) is 0 Å². The van der Waals surface area contributed by atoms with E-state index in [0.29, 0.717) is 18.1 Å². The molecule has 2 fully saturated rings. The van der Waals surface area contributed by atoms with Crippen molar-refractivity contribution >= 4 is 0 Å². The predicted molar refractivity (Wildman–Crippen MR) is 72.2 cm³/mol. The molecule has 1 heterocycles. The van der Waals surface area contributed by atoms with Crippen LogP contribution in [0.2, 0.25) is 0 Å². The van der Waals surface area contributed by atoms with Gasteiger partial charge >= 0.3 is 0 Å². The first-order chi connectivity index (χ1) is 8.25. The average Bonchev–Trinajstić information content (AvgIpc) is 2.38. The second kappa shape index (κ2) is 6.75. The Labute approximate surface area is 107 Å². The van der Waals surface area contributed by atoms with Gasteiger partial charge in [-0.2, -0.15) is 0 Å². The molecule has 0 aromatic heterocycles. The molecular formula is C15H29NO. The molecule has 2 heteroatoms. The van der Waals surface area contributed by atoms with E-state index in [1.807, 2.05) is 0 Å². The van der Waals surface area contributed by atoms with Gasteiger partial charge < -0.3 is 10.1 Å². The molecule has 1 aliphatic heterocycles. The standard InChI is InChI=1S/C15H29NO/c1-12(2)15-10-14(8-9-17-15)16-11-13-6-4-3-5-7-13/h12-16H,3-11H2,1-2H3. The zero-order valence-electron chi connectivity index (χ0n) is 11.6. The first-order valence-corrected chi connectivity index (χ1v) is 7.60. The Hall–Kier alpha value is -0.0800. The Morgan fingerprint density at radius 1 is 1.12 bits per heavy atom. The molecule has 0 bridgehead atoms. The van der Waals surface area contributed by atoms with Crippen molar-refractivity contribution in [2.75, 3.05) is 13.2 Å². The van der Waals surface area contributed by atoms with E-state index in [1.54, 1.807) is 0 Å². The monoisotopic (exact) mass is 239 g/mol. The van der Waals surface area contributed by atoms with Crippen LogP contribution in [0.3, 0.4) is 0 Å². The summed E-state index contributed by atoms with van der Waals surface area (Å²) in [6.45, 7) is 6.74. The summed E-state index contributed by atoms with van der Waals surface area (Å²) in [6.07, 6.45) is 10.2. The zero-order chi connectivity index (χ0) is 12.1. The van der Waals surface area contributed by atoms with Crippen LogP contribution in [0.15, 0.2) is 0 Å². The summed E-state index contributed by atoms with van der Waals surface area (Å²) in [5, 5.41) is 3.80. The highest BCUT2D eigenvalue weighted by Gasteiger charge is 2.25. The van der Waals surface area contributed by atoms with Gasteiger partial charge in [-0.1, -0.05) is 33.1 Å². The van der Waals surface area contributed by atoms with Crippen LogP contribution in [0.5, 0.6) is 0 Å². The van der Waals surface area contributed by atoms with Crippen molar-refractivity contribution in [2.24, 2.45) is 11.8 Å². The Bertz CT molecular complexity index is 211. The fraction of sp³-hybridized carbons (Fsp3) is 1.00. The van der Waals surface area contributed by atoms with Crippen LogP contribution in [-0.4, -0.2) is 25.3 Å². The minimum atomic E-state index is 0.479. The second-order valence-electron chi connectivity index (χ2n) is 6.29. The maximum absolute atomic E-state index is 5.82. The molecule has 1 saturated carbocycles. The summed E-state index contributed by atoms with van der Waals surface area (Å²) in [5.41, 5.74) is 0.